The van der Waals surface area contributed by atoms with Crippen molar-refractivity contribution in [1.29, 1.82) is 0 Å². The minimum absolute atomic E-state index is 0.0279. The van der Waals surface area contributed by atoms with Crippen LogP contribution in [0.5, 0.6) is 0 Å². The molecule has 0 aromatic carbocycles. The molecule has 0 fully saturated rings. The Hall–Kier alpha value is -0.940. The van der Waals surface area contributed by atoms with Crippen molar-refractivity contribution in [1.82, 2.24) is 15.6 Å². The normalized spacial score (nSPS) is 11.5. The number of amides is 1. The number of rotatable bonds is 5. The first-order valence-electron chi connectivity index (χ1n) is 5.85. The van der Waals surface area contributed by atoms with Crippen molar-refractivity contribution >= 4 is 17.2 Å². The summed E-state index contributed by atoms with van der Waals surface area (Å²) in [7, 11) is 0. The molecular formula is C12H21N3OS. The van der Waals surface area contributed by atoms with Crippen LogP contribution in [0.25, 0.3) is 0 Å². The van der Waals surface area contributed by atoms with Crippen LogP contribution in [0.1, 0.15) is 38.4 Å². The Morgan fingerprint density at radius 3 is 2.71 bits per heavy atom. The third-order valence-corrected chi connectivity index (χ3v) is 3.10. The second kappa shape index (κ2) is 6.12. The molecule has 96 valence electrons. The van der Waals surface area contributed by atoms with Gasteiger partial charge in [0.05, 0.1) is 12.2 Å². The second-order valence-electron chi connectivity index (χ2n) is 4.93. The molecular weight excluding hydrogens is 234 g/mol. The van der Waals surface area contributed by atoms with Gasteiger partial charge in [-0.15, -0.1) is 11.3 Å². The molecule has 0 saturated heterocycles. The SMILES string of the molecule is CCNC(=O)CNCc1nc(C(C)(C)C)cs1. The molecule has 1 aromatic rings. The fourth-order valence-corrected chi connectivity index (χ4v) is 2.27. The number of carbonyl (C=O) groups is 1. The van der Waals surface area contributed by atoms with Crippen LogP contribution < -0.4 is 10.6 Å². The van der Waals surface area contributed by atoms with Crippen LogP contribution in [0.3, 0.4) is 0 Å². The largest absolute Gasteiger partial charge is 0.355 e. The van der Waals surface area contributed by atoms with Gasteiger partial charge in [0.2, 0.25) is 5.91 Å². The zero-order valence-electron chi connectivity index (χ0n) is 11.0. The van der Waals surface area contributed by atoms with Gasteiger partial charge in [-0.1, -0.05) is 20.8 Å². The van der Waals surface area contributed by atoms with E-state index >= 15 is 0 Å². The fraction of sp³-hybridized carbons (Fsp3) is 0.667. The Balaban J connectivity index is 2.38. The smallest absolute Gasteiger partial charge is 0.233 e. The first-order chi connectivity index (χ1) is 7.93. The monoisotopic (exact) mass is 255 g/mol. The molecule has 5 heteroatoms. The Morgan fingerprint density at radius 2 is 2.18 bits per heavy atom. The van der Waals surface area contributed by atoms with Crippen molar-refractivity contribution in [2.24, 2.45) is 0 Å². The van der Waals surface area contributed by atoms with Gasteiger partial charge in [-0.05, 0) is 6.92 Å². The number of likely N-dealkylation sites (N-methyl/N-ethyl adjacent to an activating group) is 1. The van der Waals surface area contributed by atoms with Crippen LogP contribution >= 0.6 is 11.3 Å². The Morgan fingerprint density at radius 1 is 1.47 bits per heavy atom. The van der Waals surface area contributed by atoms with Crippen LogP contribution in [-0.4, -0.2) is 24.0 Å². The van der Waals surface area contributed by atoms with E-state index in [2.05, 4.69) is 41.8 Å². The highest BCUT2D eigenvalue weighted by Gasteiger charge is 2.17. The second-order valence-corrected chi connectivity index (χ2v) is 5.88. The van der Waals surface area contributed by atoms with E-state index in [-0.39, 0.29) is 11.3 Å². The molecule has 2 N–H and O–H groups in total. The first kappa shape index (κ1) is 14.1. The third-order valence-electron chi connectivity index (χ3n) is 2.26. The van der Waals surface area contributed by atoms with Gasteiger partial charge < -0.3 is 10.6 Å². The van der Waals surface area contributed by atoms with E-state index in [0.29, 0.717) is 19.6 Å². The molecule has 0 radical (unpaired) electrons. The van der Waals surface area contributed by atoms with Gasteiger partial charge in [0, 0.05) is 23.9 Å². The topological polar surface area (TPSA) is 54.0 Å². The van der Waals surface area contributed by atoms with Gasteiger partial charge in [-0.3, -0.25) is 4.79 Å². The maximum atomic E-state index is 11.2. The van der Waals surface area contributed by atoms with E-state index < -0.39 is 0 Å². The Kier molecular flexibility index (Phi) is 5.08. The number of carbonyl (C=O) groups excluding carboxylic acids is 1. The predicted molar refractivity (Wildman–Crippen MR) is 71.2 cm³/mol. The van der Waals surface area contributed by atoms with Gasteiger partial charge in [0.25, 0.3) is 0 Å². The Labute approximate surface area is 107 Å². The summed E-state index contributed by atoms with van der Waals surface area (Å²) < 4.78 is 0. The number of hydrogen-bond donors (Lipinski definition) is 2. The van der Waals surface area contributed by atoms with Crippen molar-refractivity contribution in [2.45, 2.75) is 39.7 Å². The van der Waals surface area contributed by atoms with Crippen molar-refractivity contribution in [2.75, 3.05) is 13.1 Å². The van der Waals surface area contributed by atoms with Crippen LogP contribution in [0.2, 0.25) is 0 Å². The lowest BCUT2D eigenvalue weighted by molar-refractivity contribution is -0.120. The highest BCUT2D eigenvalue weighted by atomic mass is 32.1. The highest BCUT2D eigenvalue weighted by molar-refractivity contribution is 7.09. The van der Waals surface area contributed by atoms with Crippen LogP contribution in [-0.2, 0) is 16.8 Å². The quantitative estimate of drug-likeness (QED) is 0.841. The van der Waals surface area contributed by atoms with Crippen molar-refractivity contribution in [3.8, 4) is 0 Å². The zero-order valence-corrected chi connectivity index (χ0v) is 11.8. The van der Waals surface area contributed by atoms with Crippen LogP contribution in [0.4, 0.5) is 0 Å². The molecule has 0 aliphatic carbocycles. The van der Waals surface area contributed by atoms with Gasteiger partial charge in [-0.25, -0.2) is 4.98 Å². The number of nitrogens with zero attached hydrogens (tertiary/aromatic N) is 1. The lowest BCUT2D eigenvalue weighted by Gasteiger charge is -2.14. The molecule has 0 aliphatic rings. The lowest BCUT2D eigenvalue weighted by Crippen LogP contribution is -2.33. The predicted octanol–water partition coefficient (Wildman–Crippen LogP) is 1.67. The van der Waals surface area contributed by atoms with Crippen LogP contribution in [0.15, 0.2) is 5.38 Å². The minimum Gasteiger partial charge on any atom is -0.355 e. The summed E-state index contributed by atoms with van der Waals surface area (Å²) in [4.78, 5) is 15.8. The average molecular weight is 255 g/mol. The average Bonchev–Trinajstić information content (AvgIpc) is 2.66. The molecule has 4 nitrogen and oxygen atoms in total. The van der Waals surface area contributed by atoms with E-state index in [1.807, 2.05) is 6.92 Å². The summed E-state index contributed by atoms with van der Waals surface area (Å²) in [5.74, 6) is 0.0279. The maximum Gasteiger partial charge on any atom is 0.233 e. The number of aromatic nitrogens is 1. The maximum absolute atomic E-state index is 11.2. The van der Waals surface area contributed by atoms with Gasteiger partial charge >= 0.3 is 0 Å². The molecule has 0 aliphatic heterocycles. The van der Waals surface area contributed by atoms with E-state index in [9.17, 15) is 4.79 Å². The zero-order chi connectivity index (χ0) is 12.9. The molecule has 0 atom stereocenters. The van der Waals surface area contributed by atoms with Crippen molar-refractivity contribution < 1.29 is 4.79 Å². The van der Waals surface area contributed by atoms with E-state index in [4.69, 9.17) is 0 Å². The molecule has 0 spiro atoms. The summed E-state index contributed by atoms with van der Waals surface area (Å²) in [6.45, 7) is 10.0. The highest BCUT2D eigenvalue weighted by Crippen LogP contribution is 2.23. The first-order valence-corrected chi connectivity index (χ1v) is 6.73. The summed E-state index contributed by atoms with van der Waals surface area (Å²) in [6, 6.07) is 0. The number of thiazole rings is 1. The molecule has 1 heterocycles. The van der Waals surface area contributed by atoms with Gasteiger partial charge in [-0.2, -0.15) is 0 Å². The number of hydrogen-bond acceptors (Lipinski definition) is 4. The molecule has 0 bridgehead atoms. The molecule has 1 aromatic heterocycles. The number of nitrogens with one attached hydrogen (secondary N) is 2. The van der Waals surface area contributed by atoms with Gasteiger partial charge in [0.1, 0.15) is 5.01 Å². The summed E-state index contributed by atoms with van der Waals surface area (Å²) in [5, 5.41) is 8.94. The Bertz CT molecular complexity index is 368. The van der Waals surface area contributed by atoms with Crippen molar-refractivity contribution in [3.05, 3.63) is 16.1 Å². The van der Waals surface area contributed by atoms with Gasteiger partial charge in [0.15, 0.2) is 0 Å². The molecule has 1 amide bonds. The molecule has 1 rings (SSSR count). The molecule has 17 heavy (non-hydrogen) atoms. The fourth-order valence-electron chi connectivity index (χ4n) is 1.28. The van der Waals surface area contributed by atoms with Crippen LogP contribution in [0, 0.1) is 0 Å². The third kappa shape index (κ3) is 4.83. The summed E-state index contributed by atoms with van der Waals surface area (Å²) >= 11 is 1.64. The molecule has 0 saturated carbocycles. The summed E-state index contributed by atoms with van der Waals surface area (Å²) in [6.07, 6.45) is 0. The molecule has 0 unspecified atom stereocenters. The van der Waals surface area contributed by atoms with E-state index in [1.54, 1.807) is 11.3 Å². The van der Waals surface area contributed by atoms with E-state index in [0.717, 1.165) is 10.7 Å². The lowest BCUT2D eigenvalue weighted by atomic mass is 9.93. The minimum atomic E-state index is 0.0279. The standard InChI is InChI=1S/C12H21N3OS/c1-5-14-10(16)6-13-7-11-15-9(8-17-11)12(2,3)4/h8,13H,5-7H2,1-4H3,(H,14,16). The van der Waals surface area contributed by atoms with E-state index in [1.165, 1.54) is 0 Å². The summed E-state index contributed by atoms with van der Waals surface area (Å²) in [5.41, 5.74) is 1.20. The van der Waals surface area contributed by atoms with Crippen molar-refractivity contribution in [3.63, 3.8) is 0 Å².